The van der Waals surface area contributed by atoms with Crippen LogP contribution in [0.3, 0.4) is 0 Å². The number of carbonyl (C=O) groups is 1. The molecule has 0 radical (unpaired) electrons. The highest BCUT2D eigenvalue weighted by molar-refractivity contribution is 6.31. The van der Waals surface area contributed by atoms with Crippen LogP contribution in [0.15, 0.2) is 60.7 Å². The molecule has 0 aliphatic carbocycles. The first-order valence-corrected chi connectivity index (χ1v) is 6.94. The first kappa shape index (κ1) is 13.9. The number of hydrogen-bond acceptors (Lipinski definition) is 3. The van der Waals surface area contributed by atoms with Gasteiger partial charge in [-0.15, -0.1) is 0 Å². The van der Waals surface area contributed by atoms with Crippen molar-refractivity contribution >= 4 is 17.4 Å². The van der Waals surface area contributed by atoms with Gasteiger partial charge in [-0.2, -0.15) is 0 Å². The zero-order chi connectivity index (χ0) is 14.8. The van der Waals surface area contributed by atoms with E-state index in [1.165, 1.54) is 24.3 Å². The van der Waals surface area contributed by atoms with E-state index in [9.17, 15) is 9.90 Å². The summed E-state index contributed by atoms with van der Waals surface area (Å²) >= 11 is 5.83. The number of halogens is 1. The van der Waals surface area contributed by atoms with Crippen molar-refractivity contribution in [2.75, 3.05) is 0 Å². The van der Waals surface area contributed by atoms with Crippen LogP contribution in [0.5, 0.6) is 5.75 Å². The molecule has 2 aromatic rings. The Labute approximate surface area is 127 Å². The molecule has 0 spiro atoms. The van der Waals surface area contributed by atoms with Crippen LogP contribution >= 0.6 is 11.6 Å². The number of phenolic OH excluding ortho intramolecular Hbond substituents is 1. The number of allylic oxidation sites excluding steroid dienone is 1. The Morgan fingerprint density at radius 1 is 1.19 bits per heavy atom. The third-order valence-electron chi connectivity index (χ3n) is 3.31. The number of carbonyl (C=O) groups excluding carboxylic acids is 1. The van der Waals surface area contributed by atoms with Gasteiger partial charge in [-0.3, -0.25) is 4.79 Å². The first-order chi connectivity index (χ1) is 10.1. The molecular weight excluding hydrogens is 288 g/mol. The third kappa shape index (κ3) is 3.15. The fourth-order valence-electron chi connectivity index (χ4n) is 2.16. The smallest absolute Gasteiger partial charge is 0.189 e. The molecular formula is C17H13ClO3. The molecule has 4 heteroatoms. The summed E-state index contributed by atoms with van der Waals surface area (Å²) in [4.78, 5) is 12.0. The van der Waals surface area contributed by atoms with Gasteiger partial charge in [0.2, 0.25) is 0 Å². The fraction of sp³-hybridized carbons (Fsp3) is 0.118. The van der Waals surface area contributed by atoms with Crippen LogP contribution in [-0.4, -0.2) is 17.0 Å². The van der Waals surface area contributed by atoms with E-state index in [1.807, 2.05) is 30.3 Å². The summed E-state index contributed by atoms with van der Waals surface area (Å²) < 4.78 is 5.52. The average Bonchev–Trinajstić information content (AvgIpc) is 3.28. The molecule has 2 atom stereocenters. The molecule has 21 heavy (non-hydrogen) atoms. The van der Waals surface area contributed by atoms with Crippen molar-refractivity contribution in [1.29, 1.82) is 0 Å². The van der Waals surface area contributed by atoms with Gasteiger partial charge in [-0.25, -0.2) is 0 Å². The number of hydrogen-bond donors (Lipinski definition) is 1. The molecule has 0 amide bonds. The maximum atomic E-state index is 12.0. The predicted octanol–water partition coefficient (Wildman–Crippen LogP) is 3.92. The Bertz CT molecular complexity index is 694. The van der Waals surface area contributed by atoms with Crippen LogP contribution < -0.4 is 0 Å². The lowest BCUT2D eigenvalue weighted by Gasteiger charge is -2.00. The minimum absolute atomic E-state index is 0.00297. The SMILES string of the molecule is O=C(/C=C/C1OC1c1ccccc1)c1cc(Cl)ccc1O. The normalized spacial score (nSPS) is 20.6. The van der Waals surface area contributed by atoms with Crippen molar-refractivity contribution in [3.8, 4) is 5.75 Å². The maximum Gasteiger partial charge on any atom is 0.189 e. The van der Waals surface area contributed by atoms with E-state index >= 15 is 0 Å². The number of epoxide rings is 1. The summed E-state index contributed by atoms with van der Waals surface area (Å²) in [5.41, 5.74) is 1.28. The molecule has 1 aliphatic rings. The lowest BCUT2D eigenvalue weighted by molar-refractivity contribution is 0.104. The van der Waals surface area contributed by atoms with Crippen molar-refractivity contribution in [1.82, 2.24) is 0 Å². The van der Waals surface area contributed by atoms with Gasteiger partial charge in [0.25, 0.3) is 0 Å². The topological polar surface area (TPSA) is 49.8 Å². The third-order valence-corrected chi connectivity index (χ3v) is 3.55. The molecule has 106 valence electrons. The summed E-state index contributed by atoms with van der Waals surface area (Å²) in [7, 11) is 0. The van der Waals surface area contributed by atoms with E-state index in [0.29, 0.717) is 5.02 Å². The molecule has 1 N–H and O–H groups in total. The van der Waals surface area contributed by atoms with Gasteiger partial charge >= 0.3 is 0 Å². The molecule has 3 rings (SSSR count). The lowest BCUT2D eigenvalue weighted by Crippen LogP contribution is -1.96. The van der Waals surface area contributed by atoms with Crippen LogP contribution in [0.2, 0.25) is 5.02 Å². The molecule has 2 aromatic carbocycles. The molecule has 1 saturated heterocycles. The van der Waals surface area contributed by atoms with Gasteiger partial charge in [0.05, 0.1) is 5.56 Å². The predicted molar refractivity (Wildman–Crippen MR) is 80.6 cm³/mol. The summed E-state index contributed by atoms with van der Waals surface area (Å²) in [6, 6.07) is 14.2. The second-order valence-corrected chi connectivity index (χ2v) is 5.25. The Kier molecular flexibility index (Phi) is 3.78. The summed E-state index contributed by atoms with van der Waals surface area (Å²) in [6.07, 6.45) is 3.03. The van der Waals surface area contributed by atoms with Gasteiger partial charge in [0.1, 0.15) is 18.0 Å². The van der Waals surface area contributed by atoms with Crippen molar-refractivity contribution in [3.63, 3.8) is 0 Å². The maximum absolute atomic E-state index is 12.0. The van der Waals surface area contributed by atoms with Crippen LogP contribution in [0.4, 0.5) is 0 Å². The van der Waals surface area contributed by atoms with Gasteiger partial charge in [-0.05, 0) is 35.9 Å². The molecule has 2 unspecified atom stereocenters. The number of aromatic hydroxyl groups is 1. The van der Waals surface area contributed by atoms with Crippen LogP contribution in [0.1, 0.15) is 22.0 Å². The molecule has 1 aliphatic heterocycles. The summed E-state index contributed by atoms with van der Waals surface area (Å²) in [5.74, 6) is -0.373. The van der Waals surface area contributed by atoms with Gasteiger partial charge in [-0.1, -0.05) is 41.9 Å². The van der Waals surface area contributed by atoms with Crippen LogP contribution in [0.25, 0.3) is 0 Å². The van der Waals surface area contributed by atoms with Gasteiger partial charge < -0.3 is 9.84 Å². The second-order valence-electron chi connectivity index (χ2n) is 4.82. The Hall–Kier alpha value is -2.10. The molecule has 0 saturated carbocycles. The number of phenols is 1. The van der Waals surface area contributed by atoms with Crippen molar-refractivity contribution < 1.29 is 14.6 Å². The zero-order valence-electron chi connectivity index (χ0n) is 11.1. The van der Waals surface area contributed by atoms with Crippen molar-refractivity contribution in [3.05, 3.63) is 76.8 Å². The van der Waals surface area contributed by atoms with E-state index in [4.69, 9.17) is 16.3 Å². The highest BCUT2D eigenvalue weighted by Crippen LogP contribution is 2.39. The lowest BCUT2D eigenvalue weighted by atomic mass is 10.1. The van der Waals surface area contributed by atoms with E-state index in [-0.39, 0.29) is 29.3 Å². The Morgan fingerprint density at radius 3 is 2.71 bits per heavy atom. The number of ether oxygens (including phenoxy) is 1. The van der Waals surface area contributed by atoms with E-state index in [2.05, 4.69) is 0 Å². The van der Waals surface area contributed by atoms with Gasteiger partial charge in [0.15, 0.2) is 5.78 Å². The monoisotopic (exact) mass is 300 g/mol. The van der Waals surface area contributed by atoms with E-state index in [1.54, 1.807) is 6.08 Å². The number of ketones is 1. The fourth-order valence-corrected chi connectivity index (χ4v) is 2.33. The quantitative estimate of drug-likeness (QED) is 0.529. The molecule has 0 aromatic heterocycles. The molecule has 1 heterocycles. The number of rotatable bonds is 4. The minimum atomic E-state index is -0.294. The van der Waals surface area contributed by atoms with E-state index < -0.39 is 0 Å². The highest BCUT2D eigenvalue weighted by atomic mass is 35.5. The van der Waals surface area contributed by atoms with Crippen LogP contribution in [0, 0.1) is 0 Å². The van der Waals surface area contributed by atoms with E-state index in [0.717, 1.165) is 5.56 Å². The van der Waals surface area contributed by atoms with Crippen LogP contribution in [-0.2, 0) is 4.74 Å². The van der Waals surface area contributed by atoms with Crippen molar-refractivity contribution in [2.45, 2.75) is 12.2 Å². The first-order valence-electron chi connectivity index (χ1n) is 6.56. The Balaban J connectivity index is 1.68. The standard InChI is InChI=1S/C17H13ClO3/c18-12-6-7-14(19)13(10-12)15(20)8-9-16-17(21-16)11-4-2-1-3-5-11/h1-10,16-17,19H/b9-8+. The summed E-state index contributed by atoms with van der Waals surface area (Å²) in [6.45, 7) is 0. The Morgan fingerprint density at radius 2 is 1.95 bits per heavy atom. The average molecular weight is 301 g/mol. The van der Waals surface area contributed by atoms with Gasteiger partial charge in [0, 0.05) is 5.02 Å². The largest absolute Gasteiger partial charge is 0.507 e. The number of benzene rings is 2. The zero-order valence-corrected chi connectivity index (χ0v) is 11.8. The van der Waals surface area contributed by atoms with Crippen molar-refractivity contribution in [2.24, 2.45) is 0 Å². The second kappa shape index (κ2) is 5.72. The summed E-state index contributed by atoms with van der Waals surface area (Å²) in [5, 5.41) is 10.1. The highest BCUT2D eigenvalue weighted by Gasteiger charge is 2.37. The molecule has 0 bridgehead atoms. The molecule has 3 nitrogen and oxygen atoms in total. The molecule has 1 fully saturated rings. The minimum Gasteiger partial charge on any atom is -0.507 e.